The van der Waals surface area contributed by atoms with Crippen molar-refractivity contribution in [3.63, 3.8) is 0 Å². The zero-order valence-corrected chi connectivity index (χ0v) is 15.4. The Bertz CT molecular complexity index is 1290. The molecule has 146 valence electrons. The van der Waals surface area contributed by atoms with E-state index in [1.54, 1.807) is 29.2 Å². The normalized spacial score (nSPS) is 15.3. The molecule has 1 aliphatic carbocycles. The van der Waals surface area contributed by atoms with Crippen molar-refractivity contribution in [2.24, 2.45) is 4.99 Å². The third-order valence-corrected chi connectivity index (χ3v) is 4.69. The summed E-state index contributed by atoms with van der Waals surface area (Å²) < 4.78 is 1.70. The molecule has 9 heteroatoms. The van der Waals surface area contributed by atoms with Gasteiger partial charge in [0.1, 0.15) is 5.82 Å². The van der Waals surface area contributed by atoms with Crippen molar-refractivity contribution in [1.82, 2.24) is 24.6 Å². The number of aromatic amines is 1. The first-order valence-corrected chi connectivity index (χ1v) is 9.34. The smallest absolute Gasteiger partial charge is 0.198 e. The molecule has 1 fully saturated rings. The number of rotatable bonds is 5. The van der Waals surface area contributed by atoms with Gasteiger partial charge in [0, 0.05) is 41.9 Å². The molecule has 0 radical (unpaired) electrons. The zero-order chi connectivity index (χ0) is 19.8. The lowest BCUT2D eigenvalue weighted by molar-refractivity contribution is 0.425. The van der Waals surface area contributed by atoms with Crippen LogP contribution in [0.2, 0.25) is 0 Å². The monoisotopic (exact) mass is 389 g/mol. The molecule has 0 aliphatic heterocycles. The Labute approximate surface area is 165 Å². The van der Waals surface area contributed by atoms with Gasteiger partial charge < -0.3 is 15.5 Å². The van der Waals surface area contributed by atoms with Gasteiger partial charge in [-0.2, -0.15) is 9.61 Å². The van der Waals surface area contributed by atoms with Gasteiger partial charge in [0.25, 0.3) is 0 Å². The molecule has 0 unspecified atom stereocenters. The highest BCUT2D eigenvalue weighted by Crippen LogP contribution is 2.23. The van der Waals surface area contributed by atoms with E-state index in [4.69, 9.17) is 9.98 Å². The minimum absolute atomic E-state index is 0.109. The average molecular weight is 389 g/mol. The van der Waals surface area contributed by atoms with Crippen molar-refractivity contribution in [2.75, 3.05) is 5.32 Å². The Balaban J connectivity index is 1.60. The van der Waals surface area contributed by atoms with Crippen LogP contribution in [0.15, 0.2) is 47.8 Å². The number of H-pyrrole nitrogens is 1. The molecule has 0 saturated heterocycles. The molecule has 4 N–H and O–H groups in total. The largest absolute Gasteiger partial charge is 0.494 e. The second-order valence-electron chi connectivity index (χ2n) is 7.01. The first-order chi connectivity index (χ1) is 14.2. The molecule has 4 aromatic rings. The first-order valence-electron chi connectivity index (χ1n) is 9.34. The van der Waals surface area contributed by atoms with Gasteiger partial charge in [-0.25, -0.2) is 4.98 Å². The van der Waals surface area contributed by atoms with Crippen molar-refractivity contribution in [2.45, 2.75) is 25.4 Å². The highest BCUT2D eigenvalue weighted by molar-refractivity contribution is 5.62. The Morgan fingerprint density at radius 3 is 2.79 bits per heavy atom. The zero-order valence-electron chi connectivity index (χ0n) is 15.4. The number of pyridine rings is 1. The fraction of sp³-hybridized carbons (Fsp3) is 0.200. The summed E-state index contributed by atoms with van der Waals surface area (Å²) in [4.78, 5) is 16.0. The molecule has 0 spiro atoms. The fourth-order valence-electron chi connectivity index (χ4n) is 3.06. The van der Waals surface area contributed by atoms with Crippen molar-refractivity contribution in [3.8, 4) is 11.8 Å². The lowest BCUT2D eigenvalue weighted by Crippen LogP contribution is -2.20. The minimum atomic E-state index is -0.114. The molecule has 5 rings (SSSR count). The summed E-state index contributed by atoms with van der Waals surface area (Å²) in [6, 6.07) is 7.55. The maximum atomic E-state index is 9.92. The third kappa shape index (κ3) is 3.62. The summed E-state index contributed by atoms with van der Waals surface area (Å²) in [6.45, 7) is 0.605. The van der Waals surface area contributed by atoms with E-state index >= 15 is 0 Å². The molecule has 1 saturated carbocycles. The molecule has 0 atom stereocenters. The quantitative estimate of drug-likeness (QED) is 0.405. The predicted octanol–water partition coefficient (Wildman–Crippen LogP) is 1.09. The Kier molecular flexibility index (Phi) is 4.12. The number of fused-ring (bicyclic) bond motifs is 1. The summed E-state index contributed by atoms with van der Waals surface area (Å²) >= 11 is 0. The van der Waals surface area contributed by atoms with Crippen molar-refractivity contribution in [1.29, 1.82) is 0 Å². The molecule has 1 aliphatic rings. The predicted molar refractivity (Wildman–Crippen MR) is 106 cm³/mol. The second-order valence-corrected chi connectivity index (χ2v) is 7.01. The Morgan fingerprint density at radius 1 is 1.24 bits per heavy atom. The van der Waals surface area contributed by atoms with Crippen LogP contribution in [0.3, 0.4) is 0 Å². The molecule has 29 heavy (non-hydrogen) atoms. The molecular formula is C20H19N7O2. The molecular weight excluding hydrogens is 370 g/mol. The van der Waals surface area contributed by atoms with Crippen LogP contribution < -0.4 is 16.0 Å². The van der Waals surface area contributed by atoms with E-state index < -0.39 is 0 Å². The number of aromatic nitrogens is 5. The highest BCUT2D eigenvalue weighted by atomic mass is 16.3. The van der Waals surface area contributed by atoms with Gasteiger partial charge in [0.15, 0.2) is 22.9 Å². The molecule has 0 bridgehead atoms. The van der Waals surface area contributed by atoms with Crippen LogP contribution >= 0.6 is 0 Å². The topological polar surface area (TPSA) is 124 Å². The maximum Gasteiger partial charge on any atom is 0.198 e. The number of anilines is 1. The lowest BCUT2D eigenvalue weighted by Gasteiger charge is -2.06. The van der Waals surface area contributed by atoms with E-state index in [1.165, 1.54) is 6.07 Å². The second kappa shape index (κ2) is 6.93. The van der Waals surface area contributed by atoms with Crippen LogP contribution in [-0.2, 0) is 6.54 Å². The van der Waals surface area contributed by atoms with Crippen LogP contribution in [0.5, 0.6) is 11.8 Å². The van der Waals surface area contributed by atoms with E-state index in [9.17, 15) is 10.2 Å². The minimum Gasteiger partial charge on any atom is -0.494 e. The molecule has 4 heterocycles. The van der Waals surface area contributed by atoms with E-state index in [0.29, 0.717) is 34.8 Å². The van der Waals surface area contributed by atoms with Gasteiger partial charge in [0.2, 0.25) is 0 Å². The fourth-order valence-corrected chi connectivity index (χ4v) is 3.06. The van der Waals surface area contributed by atoms with Gasteiger partial charge in [-0.15, -0.1) is 0 Å². The number of hydrogen-bond acceptors (Lipinski definition) is 7. The average Bonchev–Trinajstić information content (AvgIpc) is 3.36. The van der Waals surface area contributed by atoms with Gasteiger partial charge >= 0.3 is 0 Å². The highest BCUT2D eigenvalue weighted by Gasteiger charge is 2.20. The van der Waals surface area contributed by atoms with Gasteiger partial charge in [-0.05, 0) is 36.6 Å². The van der Waals surface area contributed by atoms with E-state index in [2.05, 4.69) is 20.4 Å². The summed E-state index contributed by atoms with van der Waals surface area (Å²) in [6.07, 6.45) is 9.06. The van der Waals surface area contributed by atoms with E-state index in [1.807, 2.05) is 18.2 Å². The number of aromatic hydroxyl groups is 2. The van der Waals surface area contributed by atoms with Crippen molar-refractivity contribution >= 4 is 17.5 Å². The first kappa shape index (κ1) is 17.2. The standard InChI is InChI=1S/C20H19N7O2/c28-18-8-13(20(29)26-18)7-14-11-23-27-17(24-15-1-2-15)9-16(25-19(14)27)22-10-12-3-5-21-6-4-12/h3-9,11,15,22,26,28-29H,1-2,10H2. The van der Waals surface area contributed by atoms with E-state index in [-0.39, 0.29) is 11.8 Å². The van der Waals surface area contributed by atoms with Gasteiger partial charge in [-0.3, -0.25) is 15.0 Å². The summed E-state index contributed by atoms with van der Waals surface area (Å²) in [5.74, 6) is 0.462. The van der Waals surface area contributed by atoms with Crippen LogP contribution in [0.25, 0.3) is 11.7 Å². The third-order valence-electron chi connectivity index (χ3n) is 4.69. The number of nitrogens with zero attached hydrogens (tertiary/aromatic N) is 5. The summed E-state index contributed by atoms with van der Waals surface area (Å²) in [7, 11) is 0. The molecule has 0 aromatic carbocycles. The Hall–Kier alpha value is -3.88. The molecule has 4 aromatic heterocycles. The number of hydrogen-bond donors (Lipinski definition) is 4. The Morgan fingerprint density at radius 2 is 2.07 bits per heavy atom. The summed E-state index contributed by atoms with van der Waals surface area (Å²) in [5.41, 5.74) is 2.89. The van der Waals surface area contributed by atoms with Crippen molar-refractivity contribution in [3.05, 3.63) is 64.7 Å². The van der Waals surface area contributed by atoms with Crippen molar-refractivity contribution < 1.29 is 10.2 Å². The van der Waals surface area contributed by atoms with Gasteiger partial charge in [-0.1, -0.05) is 0 Å². The molecule has 0 amide bonds. The van der Waals surface area contributed by atoms with Crippen LogP contribution in [-0.4, -0.2) is 40.8 Å². The van der Waals surface area contributed by atoms with Crippen LogP contribution in [0.1, 0.15) is 24.0 Å². The summed E-state index contributed by atoms with van der Waals surface area (Å²) in [5, 5.41) is 27.9. The number of nitrogens with one attached hydrogen (secondary N) is 2. The van der Waals surface area contributed by atoms with Crippen LogP contribution in [0.4, 0.5) is 5.82 Å². The van der Waals surface area contributed by atoms with Crippen LogP contribution in [0, 0.1) is 0 Å². The lowest BCUT2D eigenvalue weighted by atomic mass is 10.2. The molecule has 9 nitrogen and oxygen atoms in total. The maximum absolute atomic E-state index is 9.92. The van der Waals surface area contributed by atoms with Gasteiger partial charge in [0.05, 0.1) is 12.2 Å². The SMILES string of the molecule is Oc1cc(C=c2cnn3c(=NC4CC4)cc(NCc4ccncc4)nc23)c(O)[nH]1. The van der Waals surface area contributed by atoms with E-state index in [0.717, 1.165) is 23.9 Å².